The number of aryl methyl sites for hydroxylation is 1. The Morgan fingerprint density at radius 3 is 2.21 bits per heavy atom. The van der Waals surface area contributed by atoms with Crippen molar-refractivity contribution in [3.05, 3.63) is 21.4 Å². The highest BCUT2D eigenvalue weighted by atomic mass is 32.1. The minimum atomic E-state index is 0.180. The van der Waals surface area contributed by atoms with Crippen molar-refractivity contribution in [3.63, 3.8) is 0 Å². The first-order chi connectivity index (χ1) is 11.4. The number of likely N-dealkylation sites (N-methyl/N-ethyl adjacent to an activating group) is 1. The fraction of sp³-hybridized carbons (Fsp3) is 0.684. The van der Waals surface area contributed by atoms with E-state index in [0.717, 1.165) is 36.4 Å². The second-order valence-electron chi connectivity index (χ2n) is 5.34. The molecule has 1 saturated heterocycles. The van der Waals surface area contributed by atoms with Gasteiger partial charge < -0.3 is 10.2 Å². The maximum Gasteiger partial charge on any atom is 0.221 e. The molecule has 1 aromatic heterocycles. The van der Waals surface area contributed by atoms with Crippen molar-refractivity contribution in [1.29, 1.82) is 0 Å². The molecule has 0 saturated carbocycles. The van der Waals surface area contributed by atoms with Crippen LogP contribution in [0.4, 0.5) is 0 Å². The molecule has 1 aromatic rings. The molecule has 1 amide bonds. The van der Waals surface area contributed by atoms with Crippen LogP contribution >= 0.6 is 11.3 Å². The zero-order valence-electron chi connectivity index (χ0n) is 16.7. The van der Waals surface area contributed by atoms with Crippen LogP contribution < -0.4 is 5.32 Å². The average molecular weight is 357 g/mol. The maximum absolute atomic E-state index is 10.7. The lowest BCUT2D eigenvalue weighted by molar-refractivity contribution is -0.120. The van der Waals surface area contributed by atoms with E-state index in [1.165, 1.54) is 4.88 Å². The molecule has 4 nitrogen and oxygen atoms in total. The predicted octanol–water partition coefficient (Wildman–Crippen LogP) is 4.48. The van der Waals surface area contributed by atoms with Crippen molar-refractivity contribution < 1.29 is 9.59 Å². The number of amides is 1. The number of nitrogens with zero attached hydrogens (tertiary/aromatic N) is 1. The van der Waals surface area contributed by atoms with E-state index in [-0.39, 0.29) is 5.91 Å². The Kier molecular flexibility index (Phi) is 16.0. The van der Waals surface area contributed by atoms with E-state index in [9.17, 15) is 9.59 Å². The minimum Gasteiger partial charge on any atom is -0.355 e. The molecule has 2 heterocycles. The standard InChI is InChI=1S/C9H12OS.C6H12N2O.2C2H6/c1-6(2)9-4-8(5-10)7(3)11-9;1-8-4-2-6(9)7-3-5-8;2*1-2/h4-6H,1-3H3;2-5H2,1H3,(H,7,9);2*1-2H3. The van der Waals surface area contributed by atoms with Crippen LogP contribution in [-0.4, -0.2) is 43.8 Å². The molecule has 0 aliphatic carbocycles. The van der Waals surface area contributed by atoms with Gasteiger partial charge in [0.25, 0.3) is 0 Å². The smallest absolute Gasteiger partial charge is 0.221 e. The second-order valence-corrected chi connectivity index (χ2v) is 6.62. The van der Waals surface area contributed by atoms with Gasteiger partial charge >= 0.3 is 0 Å². The van der Waals surface area contributed by atoms with Crippen LogP contribution in [0.5, 0.6) is 0 Å². The van der Waals surface area contributed by atoms with E-state index in [2.05, 4.69) is 24.1 Å². The number of hydrogen-bond donors (Lipinski definition) is 1. The fourth-order valence-electron chi connectivity index (χ4n) is 1.80. The van der Waals surface area contributed by atoms with Crippen molar-refractivity contribution in [2.45, 2.75) is 60.8 Å². The van der Waals surface area contributed by atoms with E-state index in [1.54, 1.807) is 11.3 Å². The van der Waals surface area contributed by atoms with Crippen LogP contribution in [0.2, 0.25) is 0 Å². The van der Waals surface area contributed by atoms with Crippen LogP contribution in [0.25, 0.3) is 0 Å². The van der Waals surface area contributed by atoms with Gasteiger partial charge in [0.05, 0.1) is 0 Å². The van der Waals surface area contributed by atoms with Crippen molar-refractivity contribution in [2.75, 3.05) is 26.7 Å². The molecule has 24 heavy (non-hydrogen) atoms. The van der Waals surface area contributed by atoms with Gasteiger partial charge in [-0.1, -0.05) is 41.5 Å². The van der Waals surface area contributed by atoms with Crippen LogP contribution in [0.1, 0.15) is 74.0 Å². The lowest BCUT2D eigenvalue weighted by atomic mass is 10.1. The van der Waals surface area contributed by atoms with Gasteiger partial charge in [-0.05, 0) is 26.0 Å². The Balaban J connectivity index is 0. The molecule has 0 radical (unpaired) electrons. The van der Waals surface area contributed by atoms with Gasteiger partial charge in [-0.2, -0.15) is 0 Å². The molecule has 0 spiro atoms. The zero-order valence-corrected chi connectivity index (χ0v) is 17.5. The molecule has 5 heteroatoms. The number of nitrogens with one attached hydrogen (secondary N) is 1. The number of carbonyl (C=O) groups excluding carboxylic acids is 2. The van der Waals surface area contributed by atoms with Crippen molar-refractivity contribution in [2.24, 2.45) is 0 Å². The largest absolute Gasteiger partial charge is 0.355 e. The molecule has 0 aromatic carbocycles. The molecular weight excluding hydrogens is 320 g/mol. The molecule has 1 N–H and O–H groups in total. The minimum absolute atomic E-state index is 0.180. The lowest BCUT2D eigenvalue weighted by Gasteiger charge is -2.09. The summed E-state index contributed by atoms with van der Waals surface area (Å²) in [4.78, 5) is 25.7. The van der Waals surface area contributed by atoms with E-state index in [4.69, 9.17) is 0 Å². The molecule has 0 bridgehead atoms. The SMILES string of the molecule is CC.CC.CN1CCNC(=O)CC1.Cc1sc(C(C)C)cc1C=O. The normalized spacial score (nSPS) is 14.0. The summed E-state index contributed by atoms with van der Waals surface area (Å²) in [6.45, 7) is 16.9. The average Bonchev–Trinajstić information content (AvgIpc) is 2.88. The summed E-state index contributed by atoms with van der Waals surface area (Å²) in [6.07, 6.45) is 1.58. The third kappa shape index (κ3) is 10.6. The fourth-order valence-corrected chi connectivity index (χ4v) is 2.80. The van der Waals surface area contributed by atoms with E-state index in [1.807, 2.05) is 47.7 Å². The summed E-state index contributed by atoms with van der Waals surface area (Å²) in [5.74, 6) is 0.715. The van der Waals surface area contributed by atoms with Crippen LogP contribution in [0.15, 0.2) is 6.07 Å². The number of aldehydes is 1. The Labute approximate surface area is 152 Å². The topological polar surface area (TPSA) is 49.4 Å². The molecule has 2 rings (SSSR count). The molecular formula is C19H36N2O2S. The summed E-state index contributed by atoms with van der Waals surface area (Å²) in [5, 5.41) is 2.79. The summed E-state index contributed by atoms with van der Waals surface area (Å²) in [7, 11) is 2.03. The second kappa shape index (κ2) is 15.3. The van der Waals surface area contributed by atoms with Gasteiger partial charge in [0.2, 0.25) is 5.91 Å². The summed E-state index contributed by atoms with van der Waals surface area (Å²) >= 11 is 1.72. The van der Waals surface area contributed by atoms with E-state index in [0.29, 0.717) is 12.3 Å². The number of hydrogen-bond acceptors (Lipinski definition) is 4. The lowest BCUT2D eigenvalue weighted by Crippen LogP contribution is -2.25. The Morgan fingerprint density at radius 2 is 1.79 bits per heavy atom. The van der Waals surface area contributed by atoms with E-state index >= 15 is 0 Å². The predicted molar refractivity (Wildman–Crippen MR) is 106 cm³/mol. The highest BCUT2D eigenvalue weighted by molar-refractivity contribution is 7.12. The molecule has 1 aliphatic rings. The zero-order chi connectivity index (χ0) is 19.1. The van der Waals surface area contributed by atoms with Crippen molar-refractivity contribution in [1.82, 2.24) is 10.2 Å². The van der Waals surface area contributed by atoms with E-state index < -0.39 is 0 Å². The Morgan fingerprint density at radius 1 is 1.21 bits per heavy atom. The molecule has 1 aliphatic heterocycles. The Hall–Kier alpha value is -1.20. The highest BCUT2D eigenvalue weighted by Crippen LogP contribution is 2.26. The number of carbonyl (C=O) groups is 2. The van der Waals surface area contributed by atoms with Gasteiger partial charge in [0.15, 0.2) is 6.29 Å². The Bertz CT molecular complexity index is 456. The third-order valence-electron chi connectivity index (χ3n) is 3.21. The highest BCUT2D eigenvalue weighted by Gasteiger charge is 2.08. The number of thiophene rings is 1. The monoisotopic (exact) mass is 356 g/mol. The van der Waals surface area contributed by atoms with Gasteiger partial charge in [-0.15, -0.1) is 11.3 Å². The summed E-state index contributed by atoms with van der Waals surface area (Å²) in [5.41, 5.74) is 0.846. The first-order valence-electron chi connectivity index (χ1n) is 8.94. The third-order valence-corrected chi connectivity index (χ3v) is 4.57. The number of rotatable bonds is 2. The van der Waals surface area contributed by atoms with Crippen molar-refractivity contribution >= 4 is 23.5 Å². The van der Waals surface area contributed by atoms with Crippen LogP contribution in [0, 0.1) is 6.92 Å². The molecule has 140 valence electrons. The first kappa shape index (κ1) is 25.0. The summed E-state index contributed by atoms with van der Waals surface area (Å²) < 4.78 is 0. The van der Waals surface area contributed by atoms with Gasteiger partial charge in [-0.3, -0.25) is 9.59 Å². The first-order valence-corrected chi connectivity index (χ1v) is 9.76. The van der Waals surface area contributed by atoms with Gasteiger partial charge in [0.1, 0.15) is 0 Å². The maximum atomic E-state index is 10.7. The van der Waals surface area contributed by atoms with Crippen LogP contribution in [-0.2, 0) is 4.79 Å². The molecule has 0 unspecified atom stereocenters. The molecule has 0 atom stereocenters. The van der Waals surface area contributed by atoms with Gasteiger partial charge in [0, 0.05) is 41.4 Å². The van der Waals surface area contributed by atoms with Crippen LogP contribution in [0.3, 0.4) is 0 Å². The van der Waals surface area contributed by atoms with Gasteiger partial charge in [-0.25, -0.2) is 0 Å². The van der Waals surface area contributed by atoms with Crippen molar-refractivity contribution in [3.8, 4) is 0 Å². The quantitative estimate of drug-likeness (QED) is 0.795. The summed E-state index contributed by atoms with van der Waals surface area (Å²) in [6, 6.07) is 1.98. The molecule has 1 fully saturated rings.